The summed E-state index contributed by atoms with van der Waals surface area (Å²) in [4.78, 5) is 15.8. The van der Waals surface area contributed by atoms with Gasteiger partial charge in [-0.05, 0) is 12.0 Å². The topological polar surface area (TPSA) is 73.6 Å². The Bertz CT molecular complexity index is 330. The fourth-order valence-corrected chi connectivity index (χ4v) is 1.24. The van der Waals surface area contributed by atoms with Crippen LogP contribution in [0.3, 0.4) is 0 Å². The van der Waals surface area contributed by atoms with Crippen molar-refractivity contribution in [3.63, 3.8) is 0 Å². The zero-order chi connectivity index (χ0) is 12.5. The van der Waals surface area contributed by atoms with Gasteiger partial charge in [-0.3, -0.25) is 0 Å². The fraction of sp³-hybridized carbons (Fsp3) is 0.417. The number of ether oxygens (including phenoxy) is 1. The average Bonchev–Trinajstić information content (AvgIpc) is 2.35. The maximum Gasteiger partial charge on any atom is 0.528 e. The highest BCUT2D eigenvalue weighted by molar-refractivity contribution is 5.59. The van der Waals surface area contributed by atoms with E-state index in [4.69, 9.17) is 10.5 Å². The first-order chi connectivity index (χ1) is 8.22. The van der Waals surface area contributed by atoms with Crippen molar-refractivity contribution in [3.8, 4) is 0 Å². The summed E-state index contributed by atoms with van der Waals surface area (Å²) in [6.45, 7) is 2.18. The highest BCUT2D eigenvalue weighted by Gasteiger charge is 2.07. The predicted octanol–water partition coefficient (Wildman–Crippen LogP) is 1.93. The summed E-state index contributed by atoms with van der Waals surface area (Å²) < 4.78 is 4.88. The van der Waals surface area contributed by atoms with Gasteiger partial charge < -0.3 is 15.3 Å². The number of carbonyl (C=O) groups excluding carboxylic acids is 1. The van der Waals surface area contributed by atoms with Crippen molar-refractivity contribution < 1.29 is 14.4 Å². The van der Waals surface area contributed by atoms with E-state index in [1.165, 1.54) is 0 Å². The Morgan fingerprint density at radius 3 is 2.76 bits per heavy atom. The van der Waals surface area contributed by atoms with E-state index in [-0.39, 0.29) is 12.8 Å². The zero-order valence-corrected chi connectivity index (χ0v) is 9.89. The minimum atomic E-state index is -0.777. The maximum absolute atomic E-state index is 11.2. The molecule has 3 N–H and O–H groups in total. The third-order valence-electron chi connectivity index (χ3n) is 2.09. The van der Waals surface area contributed by atoms with E-state index in [0.717, 1.165) is 18.4 Å². The summed E-state index contributed by atoms with van der Waals surface area (Å²) >= 11 is 0. The minimum Gasteiger partial charge on any atom is -0.428 e. The molecule has 1 atom stereocenters. The summed E-state index contributed by atoms with van der Waals surface area (Å²) in [6, 6.07) is 9.37. The van der Waals surface area contributed by atoms with E-state index in [1.54, 1.807) is 0 Å². The molecule has 0 bridgehead atoms. The van der Waals surface area contributed by atoms with Gasteiger partial charge in [0.2, 0.25) is 0 Å². The maximum atomic E-state index is 11.2. The average molecular weight is 238 g/mol. The van der Waals surface area contributed by atoms with Gasteiger partial charge in [0.1, 0.15) is 6.61 Å². The third-order valence-corrected chi connectivity index (χ3v) is 2.09. The SMILES string of the molecule is CCCC(N)NOC(=O)OCc1ccccc1. The Morgan fingerprint density at radius 2 is 2.12 bits per heavy atom. The van der Waals surface area contributed by atoms with Crippen LogP contribution in [0.2, 0.25) is 0 Å². The van der Waals surface area contributed by atoms with Crippen LogP contribution >= 0.6 is 0 Å². The quantitative estimate of drug-likeness (QED) is 0.450. The highest BCUT2D eigenvalue weighted by Crippen LogP contribution is 2.01. The molecule has 0 aliphatic heterocycles. The van der Waals surface area contributed by atoms with Crippen LogP contribution in [0.4, 0.5) is 4.79 Å². The Kier molecular flexibility index (Phi) is 6.06. The third kappa shape index (κ3) is 5.89. The monoisotopic (exact) mass is 238 g/mol. The molecule has 0 fully saturated rings. The van der Waals surface area contributed by atoms with E-state index in [9.17, 15) is 4.79 Å². The second-order valence-electron chi connectivity index (χ2n) is 3.64. The number of nitrogens with two attached hydrogens (primary N) is 1. The van der Waals surface area contributed by atoms with Crippen LogP contribution in [-0.4, -0.2) is 12.3 Å². The van der Waals surface area contributed by atoms with Crippen LogP contribution < -0.4 is 11.2 Å². The lowest BCUT2D eigenvalue weighted by Gasteiger charge is -2.12. The Morgan fingerprint density at radius 1 is 1.41 bits per heavy atom. The zero-order valence-electron chi connectivity index (χ0n) is 9.89. The molecule has 17 heavy (non-hydrogen) atoms. The highest BCUT2D eigenvalue weighted by atomic mass is 16.8. The van der Waals surface area contributed by atoms with Crippen LogP contribution in [-0.2, 0) is 16.2 Å². The van der Waals surface area contributed by atoms with E-state index < -0.39 is 6.16 Å². The summed E-state index contributed by atoms with van der Waals surface area (Å²) in [5.74, 6) is 0. The lowest BCUT2D eigenvalue weighted by molar-refractivity contribution is -0.000894. The van der Waals surface area contributed by atoms with Gasteiger partial charge in [-0.15, -0.1) is 5.48 Å². The van der Waals surface area contributed by atoms with Crippen LogP contribution in [0.5, 0.6) is 0 Å². The molecule has 5 heteroatoms. The lowest BCUT2D eigenvalue weighted by Crippen LogP contribution is -2.38. The first-order valence-corrected chi connectivity index (χ1v) is 5.61. The largest absolute Gasteiger partial charge is 0.528 e. The van der Waals surface area contributed by atoms with Crippen molar-refractivity contribution in [2.75, 3.05) is 0 Å². The molecule has 0 aromatic heterocycles. The molecule has 0 spiro atoms. The summed E-state index contributed by atoms with van der Waals surface area (Å²) in [5.41, 5.74) is 8.92. The van der Waals surface area contributed by atoms with Gasteiger partial charge in [-0.2, -0.15) is 0 Å². The van der Waals surface area contributed by atoms with Gasteiger partial charge in [0.05, 0.1) is 6.17 Å². The number of hydrogen-bond acceptors (Lipinski definition) is 5. The molecule has 5 nitrogen and oxygen atoms in total. The minimum absolute atomic E-state index is 0.185. The van der Waals surface area contributed by atoms with Crippen molar-refractivity contribution >= 4 is 6.16 Å². The van der Waals surface area contributed by atoms with Gasteiger partial charge in [0.25, 0.3) is 0 Å². The molecule has 0 saturated carbocycles. The summed E-state index contributed by atoms with van der Waals surface area (Å²) in [7, 11) is 0. The van der Waals surface area contributed by atoms with E-state index in [0.29, 0.717) is 0 Å². The molecule has 1 rings (SSSR count). The van der Waals surface area contributed by atoms with E-state index >= 15 is 0 Å². The fourth-order valence-electron chi connectivity index (χ4n) is 1.24. The Labute approximate surface area is 101 Å². The van der Waals surface area contributed by atoms with Crippen molar-refractivity contribution in [1.29, 1.82) is 0 Å². The van der Waals surface area contributed by atoms with Crippen LogP contribution in [0.25, 0.3) is 0 Å². The van der Waals surface area contributed by atoms with Gasteiger partial charge in [0, 0.05) is 0 Å². The second kappa shape index (κ2) is 7.65. The van der Waals surface area contributed by atoms with Crippen molar-refractivity contribution in [3.05, 3.63) is 35.9 Å². The van der Waals surface area contributed by atoms with Crippen molar-refractivity contribution in [2.45, 2.75) is 32.5 Å². The Hall–Kier alpha value is -1.59. The molecular formula is C12H18N2O3. The number of rotatable bonds is 6. The van der Waals surface area contributed by atoms with Crippen molar-refractivity contribution in [1.82, 2.24) is 5.48 Å². The smallest absolute Gasteiger partial charge is 0.428 e. The van der Waals surface area contributed by atoms with Gasteiger partial charge in [-0.25, -0.2) is 4.79 Å². The van der Waals surface area contributed by atoms with E-state index in [2.05, 4.69) is 10.3 Å². The van der Waals surface area contributed by atoms with Gasteiger partial charge >= 0.3 is 6.16 Å². The first-order valence-electron chi connectivity index (χ1n) is 5.61. The normalized spacial score (nSPS) is 11.9. The molecule has 1 unspecified atom stereocenters. The Balaban J connectivity index is 2.17. The number of benzene rings is 1. The second-order valence-corrected chi connectivity index (χ2v) is 3.64. The lowest BCUT2D eigenvalue weighted by atomic mass is 10.2. The van der Waals surface area contributed by atoms with Crippen LogP contribution in [0, 0.1) is 0 Å². The molecule has 0 saturated heterocycles. The van der Waals surface area contributed by atoms with Gasteiger partial charge in [-0.1, -0.05) is 43.7 Å². The molecule has 0 radical (unpaired) electrons. The molecule has 94 valence electrons. The van der Waals surface area contributed by atoms with Crippen LogP contribution in [0.1, 0.15) is 25.3 Å². The van der Waals surface area contributed by atoms with Crippen molar-refractivity contribution in [2.24, 2.45) is 5.73 Å². The summed E-state index contributed by atoms with van der Waals surface area (Å²) in [6.07, 6.45) is 0.507. The van der Waals surface area contributed by atoms with Gasteiger partial charge in [0.15, 0.2) is 0 Å². The number of hydroxylamine groups is 1. The number of nitrogens with one attached hydrogen (secondary N) is 1. The molecule has 0 aliphatic rings. The summed E-state index contributed by atoms with van der Waals surface area (Å²) in [5, 5.41) is 0. The standard InChI is InChI=1S/C12H18N2O3/c1-2-6-11(13)14-17-12(15)16-9-10-7-4-3-5-8-10/h3-5,7-8,11,14H,2,6,9,13H2,1H3. The molecule has 1 aromatic carbocycles. The molecule has 0 aliphatic carbocycles. The molecular weight excluding hydrogens is 220 g/mol. The van der Waals surface area contributed by atoms with E-state index in [1.807, 2.05) is 37.3 Å². The number of hydrogen-bond donors (Lipinski definition) is 2. The van der Waals surface area contributed by atoms with Crippen LogP contribution in [0.15, 0.2) is 30.3 Å². The first kappa shape index (κ1) is 13.5. The predicted molar refractivity (Wildman–Crippen MR) is 63.7 cm³/mol. The molecule has 1 aromatic rings. The molecule has 0 heterocycles. The number of carbonyl (C=O) groups is 1. The molecule has 0 amide bonds.